The summed E-state index contributed by atoms with van der Waals surface area (Å²) in [6.07, 6.45) is 3.49. The molecule has 1 aliphatic heterocycles. The van der Waals surface area contributed by atoms with Gasteiger partial charge in [-0.1, -0.05) is 36.4 Å². The number of amides is 2. The van der Waals surface area contributed by atoms with Crippen LogP contribution in [0.3, 0.4) is 0 Å². The molecular weight excluding hydrogens is 541 g/mol. The van der Waals surface area contributed by atoms with Crippen molar-refractivity contribution in [3.8, 4) is 21.1 Å². The molecule has 11 heteroatoms. The highest BCUT2D eigenvalue weighted by Gasteiger charge is 2.31. The maximum atomic E-state index is 13.1. The first-order valence-corrected chi connectivity index (χ1v) is 14.6. The molecule has 0 aliphatic carbocycles. The zero-order valence-electron chi connectivity index (χ0n) is 19.5. The van der Waals surface area contributed by atoms with E-state index in [-0.39, 0.29) is 33.2 Å². The van der Waals surface area contributed by atoms with Crippen molar-refractivity contribution in [1.29, 1.82) is 0 Å². The van der Waals surface area contributed by atoms with Gasteiger partial charge in [0.2, 0.25) is 9.84 Å². The number of anilines is 1. The van der Waals surface area contributed by atoms with Crippen molar-refractivity contribution < 1.29 is 18.0 Å². The first-order valence-electron chi connectivity index (χ1n) is 11.4. The van der Waals surface area contributed by atoms with E-state index in [1.165, 1.54) is 41.7 Å². The molecule has 3 heterocycles. The van der Waals surface area contributed by atoms with Crippen molar-refractivity contribution >= 4 is 50.0 Å². The second kappa shape index (κ2) is 9.60. The Bertz CT molecular complexity index is 1790. The third-order valence-electron chi connectivity index (χ3n) is 5.99. The van der Waals surface area contributed by atoms with Gasteiger partial charge in [0.05, 0.1) is 27.6 Å². The molecule has 0 fully saturated rings. The maximum Gasteiger partial charge on any atom is 0.257 e. The zero-order valence-corrected chi connectivity index (χ0v) is 22.0. The van der Waals surface area contributed by atoms with Gasteiger partial charge in [-0.25, -0.2) is 18.4 Å². The molecule has 0 saturated heterocycles. The molecular formula is C27H18N4O4S3. The van der Waals surface area contributed by atoms with Gasteiger partial charge in [-0.3, -0.25) is 9.59 Å². The van der Waals surface area contributed by atoms with Gasteiger partial charge >= 0.3 is 0 Å². The highest BCUT2D eigenvalue weighted by atomic mass is 32.2. The van der Waals surface area contributed by atoms with Crippen LogP contribution in [0.5, 0.6) is 0 Å². The number of hydrogen-bond acceptors (Lipinski definition) is 8. The fourth-order valence-electron chi connectivity index (χ4n) is 4.11. The minimum atomic E-state index is -3.93. The van der Waals surface area contributed by atoms with Crippen molar-refractivity contribution in [3.05, 3.63) is 101 Å². The molecule has 188 valence electrons. The number of fused-ring (bicyclic) bond motifs is 2. The second-order valence-electron chi connectivity index (χ2n) is 8.39. The number of benzene rings is 3. The molecule has 6 rings (SSSR count). The lowest BCUT2D eigenvalue weighted by molar-refractivity contribution is 0.0949. The van der Waals surface area contributed by atoms with Gasteiger partial charge in [-0.15, -0.1) is 22.7 Å². The van der Waals surface area contributed by atoms with Crippen molar-refractivity contribution in [2.75, 3.05) is 5.32 Å². The van der Waals surface area contributed by atoms with Crippen LogP contribution in [0.15, 0.2) is 94.3 Å². The highest BCUT2D eigenvalue weighted by molar-refractivity contribution is 7.91. The summed E-state index contributed by atoms with van der Waals surface area (Å²) >= 11 is 3.05. The van der Waals surface area contributed by atoms with E-state index < -0.39 is 21.7 Å². The van der Waals surface area contributed by atoms with Gasteiger partial charge in [0.15, 0.2) is 0 Å². The van der Waals surface area contributed by atoms with Crippen LogP contribution < -0.4 is 10.6 Å². The lowest BCUT2D eigenvalue weighted by Crippen LogP contribution is -2.22. The predicted octanol–water partition coefficient (Wildman–Crippen LogP) is 5.26. The number of hydrogen-bond donors (Lipinski definition) is 2. The third kappa shape index (κ3) is 4.40. The fourth-order valence-corrected chi connectivity index (χ4v) is 7.21. The molecule has 2 amide bonds. The van der Waals surface area contributed by atoms with Gasteiger partial charge < -0.3 is 10.6 Å². The van der Waals surface area contributed by atoms with Crippen molar-refractivity contribution in [2.45, 2.75) is 16.3 Å². The van der Waals surface area contributed by atoms with Gasteiger partial charge in [-0.05, 0) is 30.3 Å². The second-order valence-corrected chi connectivity index (χ2v) is 12.3. The number of aromatic nitrogens is 2. The molecule has 0 atom stereocenters. The summed E-state index contributed by atoms with van der Waals surface area (Å²) in [5.41, 5.74) is 2.37. The highest BCUT2D eigenvalue weighted by Crippen LogP contribution is 2.34. The molecule has 0 unspecified atom stereocenters. The Balaban J connectivity index is 1.17. The largest absolute Gasteiger partial charge is 0.347 e. The quantitative estimate of drug-likeness (QED) is 0.304. The smallest absolute Gasteiger partial charge is 0.257 e. The number of carbonyl (C=O) groups is 2. The monoisotopic (exact) mass is 558 g/mol. The number of sulfone groups is 1. The molecule has 5 aromatic rings. The molecule has 38 heavy (non-hydrogen) atoms. The molecule has 0 saturated carbocycles. The lowest BCUT2D eigenvalue weighted by atomic mass is 10.1. The van der Waals surface area contributed by atoms with Crippen LogP contribution in [0.4, 0.5) is 5.69 Å². The fraction of sp³-hybridized carbons (Fsp3) is 0.0370. The van der Waals surface area contributed by atoms with Gasteiger partial charge in [0.25, 0.3) is 11.8 Å². The Labute approximate surface area is 226 Å². The van der Waals surface area contributed by atoms with Crippen molar-refractivity contribution in [1.82, 2.24) is 15.3 Å². The summed E-state index contributed by atoms with van der Waals surface area (Å²) in [6, 6.07) is 18.2. The molecule has 1 aliphatic rings. The van der Waals surface area contributed by atoms with E-state index >= 15 is 0 Å². The Morgan fingerprint density at radius 1 is 0.921 bits per heavy atom. The molecule has 0 bridgehead atoms. The molecule has 2 N–H and O–H groups in total. The molecule has 8 nitrogen and oxygen atoms in total. The van der Waals surface area contributed by atoms with E-state index in [0.717, 1.165) is 26.0 Å². The third-order valence-corrected chi connectivity index (χ3v) is 9.73. The minimum absolute atomic E-state index is 0.0553. The standard InChI is InChI=1S/C27H18N4O4S3/c32-24(18-9-10-23-21(13-18)31-25(33)20-3-1-2-4-22(20)38(23,34)35)29-14-19-15-30-27(37-19)17-7-5-16(6-8-17)26-28-11-12-36-26/h1-13,15H,14H2,(H,29,32)(H,31,33). The van der Waals surface area contributed by atoms with Crippen LogP contribution in [0, 0.1) is 0 Å². The van der Waals surface area contributed by atoms with Crippen LogP contribution in [-0.4, -0.2) is 30.2 Å². The summed E-state index contributed by atoms with van der Waals surface area (Å²) in [6.45, 7) is 0.251. The molecule has 0 radical (unpaired) electrons. The minimum Gasteiger partial charge on any atom is -0.347 e. The first-order chi connectivity index (χ1) is 18.4. The molecule has 2 aromatic heterocycles. The predicted molar refractivity (Wildman–Crippen MR) is 146 cm³/mol. The summed E-state index contributed by atoms with van der Waals surface area (Å²) in [5, 5.41) is 9.20. The number of carbonyl (C=O) groups excluding carboxylic acids is 2. The van der Waals surface area contributed by atoms with Crippen LogP contribution in [-0.2, 0) is 16.4 Å². The van der Waals surface area contributed by atoms with E-state index in [0.29, 0.717) is 0 Å². The van der Waals surface area contributed by atoms with E-state index in [4.69, 9.17) is 0 Å². The summed E-state index contributed by atoms with van der Waals surface area (Å²) < 4.78 is 26.3. The van der Waals surface area contributed by atoms with Crippen molar-refractivity contribution in [3.63, 3.8) is 0 Å². The Morgan fingerprint density at radius 2 is 1.68 bits per heavy atom. The van der Waals surface area contributed by atoms with Crippen LogP contribution in [0.1, 0.15) is 25.6 Å². The van der Waals surface area contributed by atoms with Crippen LogP contribution >= 0.6 is 22.7 Å². The molecule has 0 spiro atoms. The van der Waals surface area contributed by atoms with Crippen LogP contribution in [0.2, 0.25) is 0 Å². The average molecular weight is 559 g/mol. The number of rotatable bonds is 5. The Hall–Kier alpha value is -4.19. The normalized spacial score (nSPS) is 13.6. The Morgan fingerprint density at radius 3 is 2.45 bits per heavy atom. The summed E-state index contributed by atoms with van der Waals surface area (Å²) in [7, 11) is -3.93. The number of nitrogens with zero attached hydrogens (tertiary/aromatic N) is 2. The van der Waals surface area contributed by atoms with E-state index in [9.17, 15) is 18.0 Å². The maximum absolute atomic E-state index is 13.1. The summed E-state index contributed by atoms with van der Waals surface area (Å²) in [4.78, 5) is 35.1. The number of nitrogens with one attached hydrogen (secondary N) is 2. The number of thiazole rings is 2. The summed E-state index contributed by atoms with van der Waals surface area (Å²) in [5.74, 6) is -0.943. The van der Waals surface area contributed by atoms with E-state index in [1.807, 2.05) is 29.6 Å². The van der Waals surface area contributed by atoms with Gasteiger partial charge in [0, 0.05) is 39.3 Å². The topological polar surface area (TPSA) is 118 Å². The Kier molecular flexibility index (Phi) is 6.10. The molecule has 3 aromatic carbocycles. The zero-order chi connectivity index (χ0) is 26.3. The van der Waals surface area contributed by atoms with Gasteiger partial charge in [0.1, 0.15) is 10.0 Å². The van der Waals surface area contributed by atoms with E-state index in [2.05, 4.69) is 20.6 Å². The SMILES string of the molecule is O=C(NCc1cnc(-c2ccc(-c3nccs3)cc2)s1)c1ccc2c(c1)NC(=O)c1ccccc1S2(=O)=O. The lowest BCUT2D eigenvalue weighted by Gasteiger charge is -2.10. The van der Waals surface area contributed by atoms with Crippen LogP contribution in [0.25, 0.3) is 21.1 Å². The van der Waals surface area contributed by atoms with Crippen molar-refractivity contribution in [2.24, 2.45) is 0 Å². The first kappa shape index (κ1) is 24.2. The van der Waals surface area contributed by atoms with Gasteiger partial charge in [-0.2, -0.15) is 0 Å². The van der Waals surface area contributed by atoms with E-state index in [1.54, 1.807) is 35.9 Å². The average Bonchev–Trinajstić information content (AvgIpc) is 3.63.